The molecule has 0 radical (unpaired) electrons. The first-order valence-corrected chi connectivity index (χ1v) is 9.54. The highest BCUT2D eigenvalue weighted by Gasteiger charge is 2.17. The minimum atomic E-state index is 0.471. The van der Waals surface area contributed by atoms with Crippen LogP contribution in [0, 0.1) is 3.57 Å². The number of halogens is 2. The molecular formula is C17H15ClINO2S. The molecule has 2 aromatic carbocycles. The molecule has 1 heterocycles. The Balaban J connectivity index is 1.82. The summed E-state index contributed by atoms with van der Waals surface area (Å²) in [6.45, 7) is 1.35. The van der Waals surface area contributed by atoms with Gasteiger partial charge < -0.3 is 9.47 Å². The van der Waals surface area contributed by atoms with Crippen LogP contribution in [0.25, 0.3) is 0 Å². The van der Waals surface area contributed by atoms with E-state index in [2.05, 4.69) is 33.6 Å². The summed E-state index contributed by atoms with van der Waals surface area (Å²) in [5, 5.41) is 1.80. The Morgan fingerprint density at radius 1 is 1.26 bits per heavy atom. The highest BCUT2D eigenvalue weighted by Crippen LogP contribution is 2.36. The molecule has 0 saturated heterocycles. The molecule has 3 rings (SSSR count). The summed E-state index contributed by atoms with van der Waals surface area (Å²) >= 11 is 9.96. The van der Waals surface area contributed by atoms with Gasteiger partial charge in [-0.3, -0.25) is 4.99 Å². The van der Waals surface area contributed by atoms with Gasteiger partial charge in [-0.2, -0.15) is 0 Å². The average Bonchev–Trinajstić information content (AvgIpc) is 3.09. The van der Waals surface area contributed by atoms with Crippen molar-refractivity contribution in [2.75, 3.05) is 19.4 Å². The van der Waals surface area contributed by atoms with Crippen molar-refractivity contribution in [2.24, 2.45) is 4.99 Å². The van der Waals surface area contributed by atoms with E-state index in [9.17, 15) is 0 Å². The Morgan fingerprint density at radius 2 is 2.04 bits per heavy atom. The van der Waals surface area contributed by atoms with Crippen molar-refractivity contribution in [3.63, 3.8) is 0 Å². The Labute approximate surface area is 158 Å². The summed E-state index contributed by atoms with van der Waals surface area (Å²) in [6.07, 6.45) is 0. The highest BCUT2D eigenvalue weighted by molar-refractivity contribution is 14.1. The monoisotopic (exact) mass is 459 g/mol. The van der Waals surface area contributed by atoms with Crippen molar-refractivity contribution in [1.29, 1.82) is 0 Å². The van der Waals surface area contributed by atoms with Crippen LogP contribution in [0.2, 0.25) is 5.02 Å². The van der Waals surface area contributed by atoms with E-state index in [1.54, 1.807) is 18.9 Å². The van der Waals surface area contributed by atoms with Gasteiger partial charge in [-0.15, -0.1) is 11.8 Å². The predicted molar refractivity (Wildman–Crippen MR) is 105 cm³/mol. The first-order chi connectivity index (χ1) is 11.2. The van der Waals surface area contributed by atoms with Crippen LogP contribution in [0.3, 0.4) is 0 Å². The number of benzene rings is 2. The maximum Gasteiger partial charge on any atom is 0.174 e. The average molecular weight is 460 g/mol. The van der Waals surface area contributed by atoms with E-state index in [4.69, 9.17) is 21.1 Å². The van der Waals surface area contributed by atoms with Crippen molar-refractivity contribution < 1.29 is 9.47 Å². The molecule has 0 fully saturated rings. The first kappa shape index (κ1) is 16.9. The number of methoxy groups -OCH3 is 1. The Kier molecular flexibility index (Phi) is 5.71. The van der Waals surface area contributed by atoms with E-state index in [1.807, 2.05) is 30.3 Å². The molecule has 0 aliphatic carbocycles. The number of hydrogen-bond donors (Lipinski definition) is 0. The number of rotatable bonds is 5. The SMILES string of the molecule is COc1cc(C2=NCCS2)cc(I)c1OCc1ccc(Cl)cc1. The van der Waals surface area contributed by atoms with E-state index < -0.39 is 0 Å². The van der Waals surface area contributed by atoms with Crippen LogP contribution in [0.15, 0.2) is 41.4 Å². The molecular weight excluding hydrogens is 445 g/mol. The summed E-state index contributed by atoms with van der Waals surface area (Å²) in [5.74, 6) is 2.54. The number of thioether (sulfide) groups is 1. The standard InChI is InChI=1S/C17H15ClINO2S/c1-21-15-9-12(17-20-6-7-23-17)8-14(19)16(15)22-10-11-2-4-13(18)5-3-11/h2-5,8-9H,6-7,10H2,1H3. The van der Waals surface area contributed by atoms with Crippen LogP contribution in [0.4, 0.5) is 0 Å². The van der Waals surface area contributed by atoms with E-state index in [1.165, 1.54) is 0 Å². The Hall–Kier alpha value is -0.920. The minimum absolute atomic E-state index is 0.471. The molecule has 0 bridgehead atoms. The van der Waals surface area contributed by atoms with Gasteiger partial charge in [-0.05, 0) is 52.4 Å². The van der Waals surface area contributed by atoms with Crippen molar-refractivity contribution in [3.05, 3.63) is 56.1 Å². The van der Waals surface area contributed by atoms with Gasteiger partial charge in [-0.1, -0.05) is 23.7 Å². The quantitative estimate of drug-likeness (QED) is 0.588. The fraction of sp³-hybridized carbons (Fsp3) is 0.235. The number of ether oxygens (including phenoxy) is 2. The summed E-state index contributed by atoms with van der Waals surface area (Å²) in [4.78, 5) is 4.52. The molecule has 1 aliphatic rings. The van der Waals surface area contributed by atoms with E-state index in [0.29, 0.717) is 6.61 Å². The molecule has 0 amide bonds. The zero-order chi connectivity index (χ0) is 16.2. The van der Waals surface area contributed by atoms with E-state index in [-0.39, 0.29) is 0 Å². The molecule has 0 saturated carbocycles. The number of aliphatic imine (C=N–C) groups is 1. The van der Waals surface area contributed by atoms with E-state index >= 15 is 0 Å². The Morgan fingerprint density at radius 3 is 2.70 bits per heavy atom. The zero-order valence-electron chi connectivity index (χ0n) is 12.5. The van der Waals surface area contributed by atoms with E-state index in [0.717, 1.165) is 48.6 Å². The normalized spacial score (nSPS) is 13.8. The molecule has 0 unspecified atom stereocenters. The number of nitrogens with zero attached hydrogens (tertiary/aromatic N) is 1. The fourth-order valence-corrected chi connectivity index (χ4v) is 3.96. The molecule has 23 heavy (non-hydrogen) atoms. The lowest BCUT2D eigenvalue weighted by Crippen LogP contribution is -2.02. The van der Waals surface area contributed by atoms with Crippen molar-refractivity contribution in [1.82, 2.24) is 0 Å². The summed E-state index contributed by atoms with van der Waals surface area (Å²) in [5.41, 5.74) is 2.15. The molecule has 0 aromatic heterocycles. The van der Waals surface area contributed by atoms with Gasteiger partial charge in [0.05, 0.1) is 15.7 Å². The summed E-state index contributed by atoms with van der Waals surface area (Å²) < 4.78 is 12.5. The second kappa shape index (κ2) is 7.77. The summed E-state index contributed by atoms with van der Waals surface area (Å²) in [6, 6.07) is 11.7. The molecule has 6 heteroatoms. The summed E-state index contributed by atoms with van der Waals surface area (Å²) in [7, 11) is 1.66. The minimum Gasteiger partial charge on any atom is -0.493 e. The molecule has 0 N–H and O–H groups in total. The van der Waals surface area contributed by atoms with Crippen LogP contribution < -0.4 is 9.47 Å². The van der Waals surface area contributed by atoms with Crippen molar-refractivity contribution >= 4 is 51.0 Å². The second-order valence-corrected chi connectivity index (χ2v) is 7.62. The smallest absolute Gasteiger partial charge is 0.174 e. The third kappa shape index (κ3) is 4.14. The van der Waals surface area contributed by atoms with Crippen LogP contribution in [0.5, 0.6) is 11.5 Å². The van der Waals surface area contributed by atoms with Gasteiger partial charge in [-0.25, -0.2) is 0 Å². The zero-order valence-corrected chi connectivity index (χ0v) is 16.2. The third-order valence-corrected chi connectivity index (χ3v) is 5.44. The van der Waals surface area contributed by atoms with Gasteiger partial charge in [0.25, 0.3) is 0 Å². The third-order valence-electron chi connectivity index (χ3n) is 3.36. The lowest BCUT2D eigenvalue weighted by atomic mass is 10.2. The fourth-order valence-electron chi connectivity index (χ4n) is 2.23. The molecule has 2 aromatic rings. The van der Waals surface area contributed by atoms with Gasteiger partial charge in [0.1, 0.15) is 6.61 Å². The predicted octanol–water partition coefficient (Wildman–Crippen LogP) is 5.03. The second-order valence-electron chi connectivity index (χ2n) is 4.94. The first-order valence-electron chi connectivity index (χ1n) is 7.10. The molecule has 1 aliphatic heterocycles. The van der Waals surface area contributed by atoms with Gasteiger partial charge in [0.15, 0.2) is 11.5 Å². The van der Waals surface area contributed by atoms with Crippen LogP contribution in [0.1, 0.15) is 11.1 Å². The maximum absolute atomic E-state index is 5.98. The highest BCUT2D eigenvalue weighted by atomic mass is 127. The number of hydrogen-bond acceptors (Lipinski definition) is 4. The van der Waals surface area contributed by atoms with Crippen LogP contribution in [-0.4, -0.2) is 24.5 Å². The Bertz CT molecular complexity index is 734. The van der Waals surface area contributed by atoms with Gasteiger partial charge >= 0.3 is 0 Å². The largest absolute Gasteiger partial charge is 0.493 e. The van der Waals surface area contributed by atoms with Crippen LogP contribution >= 0.6 is 46.0 Å². The maximum atomic E-state index is 5.98. The van der Waals surface area contributed by atoms with Gasteiger partial charge in [0, 0.05) is 22.9 Å². The molecule has 120 valence electrons. The molecule has 0 spiro atoms. The topological polar surface area (TPSA) is 30.8 Å². The van der Waals surface area contributed by atoms with Crippen molar-refractivity contribution in [2.45, 2.75) is 6.61 Å². The molecule has 3 nitrogen and oxygen atoms in total. The molecule has 0 atom stereocenters. The lowest BCUT2D eigenvalue weighted by Gasteiger charge is -2.14. The van der Waals surface area contributed by atoms with Crippen molar-refractivity contribution in [3.8, 4) is 11.5 Å². The lowest BCUT2D eigenvalue weighted by molar-refractivity contribution is 0.282. The van der Waals surface area contributed by atoms with Crippen LogP contribution in [-0.2, 0) is 6.61 Å². The van der Waals surface area contributed by atoms with Gasteiger partial charge in [0.2, 0.25) is 0 Å².